The fraction of sp³-hybridized carbons (Fsp3) is 0. The predicted octanol–water partition coefficient (Wildman–Crippen LogP) is 4.55. The average molecular weight is 383 g/mol. The van der Waals surface area contributed by atoms with Gasteiger partial charge in [0.25, 0.3) is 5.91 Å². The molecule has 0 aliphatic carbocycles. The molecule has 1 amide bonds. The molecule has 3 aromatic rings. The molecule has 7 heteroatoms. The van der Waals surface area contributed by atoms with E-state index in [0.717, 1.165) is 9.17 Å². The normalized spacial score (nSPS) is 10.8. The van der Waals surface area contributed by atoms with Gasteiger partial charge in [0.2, 0.25) is 0 Å². The lowest BCUT2D eigenvalue weighted by atomic mass is 10.2. The van der Waals surface area contributed by atoms with E-state index in [1.807, 2.05) is 6.07 Å². The zero-order valence-electron chi connectivity index (χ0n) is 10.6. The second kappa shape index (κ2) is 5.63. The van der Waals surface area contributed by atoms with Crippen LogP contribution in [0.25, 0.3) is 10.2 Å². The van der Waals surface area contributed by atoms with Crippen LogP contribution < -0.4 is 11.1 Å². The van der Waals surface area contributed by atoms with Crippen LogP contribution in [0.5, 0.6) is 0 Å². The molecule has 0 fully saturated rings. The Balaban J connectivity index is 2.00. The van der Waals surface area contributed by atoms with Gasteiger partial charge in [0.05, 0.1) is 20.9 Å². The van der Waals surface area contributed by atoms with Gasteiger partial charge in [-0.2, -0.15) is 0 Å². The number of carbonyl (C=O) groups excluding carboxylic acids is 1. The van der Waals surface area contributed by atoms with E-state index in [0.29, 0.717) is 27.5 Å². The maximum atomic E-state index is 12.4. The van der Waals surface area contributed by atoms with Gasteiger partial charge in [-0.25, -0.2) is 4.98 Å². The van der Waals surface area contributed by atoms with Crippen LogP contribution in [0.1, 0.15) is 10.4 Å². The number of anilines is 2. The first-order chi connectivity index (χ1) is 10.0. The van der Waals surface area contributed by atoms with Crippen molar-refractivity contribution in [1.82, 2.24) is 4.98 Å². The molecule has 0 aliphatic rings. The highest BCUT2D eigenvalue weighted by molar-refractivity contribution is 9.10. The fourth-order valence-electron chi connectivity index (χ4n) is 1.95. The molecule has 0 saturated heterocycles. The van der Waals surface area contributed by atoms with E-state index < -0.39 is 0 Å². The topological polar surface area (TPSA) is 68.0 Å². The number of nitrogens with two attached hydrogens (primary N) is 1. The van der Waals surface area contributed by atoms with E-state index >= 15 is 0 Å². The highest BCUT2D eigenvalue weighted by Gasteiger charge is 2.14. The van der Waals surface area contributed by atoms with Crippen LogP contribution in [0.3, 0.4) is 0 Å². The van der Waals surface area contributed by atoms with Crippen molar-refractivity contribution in [2.45, 2.75) is 0 Å². The van der Waals surface area contributed by atoms with Crippen molar-refractivity contribution in [3.63, 3.8) is 0 Å². The summed E-state index contributed by atoms with van der Waals surface area (Å²) in [6.07, 6.45) is 0. The van der Waals surface area contributed by atoms with Crippen LogP contribution in [0.15, 0.2) is 40.3 Å². The smallest absolute Gasteiger partial charge is 0.255 e. The number of rotatable bonds is 2. The molecule has 2 aromatic carbocycles. The molecule has 21 heavy (non-hydrogen) atoms. The maximum Gasteiger partial charge on any atom is 0.255 e. The molecular formula is C14H9BrClN3OS. The zero-order chi connectivity index (χ0) is 15.0. The van der Waals surface area contributed by atoms with Crippen molar-refractivity contribution < 1.29 is 4.79 Å². The first-order valence-corrected chi connectivity index (χ1v) is 7.99. The lowest BCUT2D eigenvalue weighted by Gasteiger charge is -2.09. The third kappa shape index (κ3) is 2.88. The molecule has 3 N–H and O–H groups in total. The Hall–Kier alpha value is -1.63. The van der Waals surface area contributed by atoms with Crippen molar-refractivity contribution in [1.29, 1.82) is 0 Å². The number of hydrogen-bond acceptors (Lipinski definition) is 4. The van der Waals surface area contributed by atoms with Crippen LogP contribution in [0, 0.1) is 0 Å². The van der Waals surface area contributed by atoms with Gasteiger partial charge in [0, 0.05) is 15.7 Å². The number of nitrogens with zero attached hydrogens (tertiary/aromatic N) is 1. The first-order valence-electron chi connectivity index (χ1n) is 5.94. The van der Waals surface area contributed by atoms with Gasteiger partial charge in [-0.15, -0.1) is 11.3 Å². The molecule has 3 rings (SSSR count). The lowest BCUT2D eigenvalue weighted by Crippen LogP contribution is -2.13. The number of aromatic nitrogens is 1. The Kier molecular flexibility index (Phi) is 3.84. The zero-order valence-corrected chi connectivity index (χ0v) is 13.7. The van der Waals surface area contributed by atoms with Gasteiger partial charge in [-0.05, 0) is 30.3 Å². The monoisotopic (exact) mass is 381 g/mol. The summed E-state index contributed by atoms with van der Waals surface area (Å²) in [4.78, 5) is 16.6. The summed E-state index contributed by atoms with van der Waals surface area (Å²) in [5, 5.41) is 3.26. The number of amides is 1. The highest BCUT2D eigenvalue weighted by atomic mass is 79.9. The van der Waals surface area contributed by atoms with Gasteiger partial charge in [-0.3, -0.25) is 4.79 Å². The number of halogens is 2. The summed E-state index contributed by atoms with van der Waals surface area (Å²) >= 11 is 11.0. The predicted molar refractivity (Wildman–Crippen MR) is 91.1 cm³/mol. The van der Waals surface area contributed by atoms with Gasteiger partial charge in [0.1, 0.15) is 5.52 Å². The third-order valence-electron chi connectivity index (χ3n) is 2.87. The van der Waals surface area contributed by atoms with E-state index in [-0.39, 0.29) is 5.91 Å². The van der Waals surface area contributed by atoms with Crippen LogP contribution in [0.4, 0.5) is 11.4 Å². The van der Waals surface area contributed by atoms with Crippen LogP contribution in [0.2, 0.25) is 5.02 Å². The lowest BCUT2D eigenvalue weighted by molar-refractivity contribution is 0.102. The number of nitrogens with one attached hydrogen (secondary N) is 1. The van der Waals surface area contributed by atoms with Crippen LogP contribution >= 0.6 is 38.9 Å². The Morgan fingerprint density at radius 1 is 1.33 bits per heavy atom. The van der Waals surface area contributed by atoms with Crippen LogP contribution in [-0.2, 0) is 0 Å². The van der Waals surface area contributed by atoms with E-state index in [2.05, 4.69) is 26.2 Å². The van der Waals surface area contributed by atoms with Gasteiger partial charge in [-0.1, -0.05) is 27.5 Å². The molecule has 0 bridgehead atoms. The van der Waals surface area contributed by atoms with E-state index in [1.54, 1.807) is 29.8 Å². The largest absolute Gasteiger partial charge is 0.399 e. The Labute approximate surface area is 138 Å². The van der Waals surface area contributed by atoms with Crippen molar-refractivity contribution in [3.8, 4) is 0 Å². The minimum absolute atomic E-state index is 0.287. The minimum atomic E-state index is -0.287. The molecule has 0 spiro atoms. The quantitative estimate of drug-likeness (QED) is 0.639. The molecule has 0 radical (unpaired) electrons. The van der Waals surface area contributed by atoms with Crippen molar-refractivity contribution in [2.24, 2.45) is 0 Å². The third-order valence-corrected chi connectivity index (χ3v) is 4.44. The number of carbonyl (C=O) groups is 1. The van der Waals surface area contributed by atoms with Gasteiger partial charge < -0.3 is 11.1 Å². The Morgan fingerprint density at radius 2 is 2.14 bits per heavy atom. The number of fused-ring (bicyclic) bond motifs is 1. The van der Waals surface area contributed by atoms with Crippen molar-refractivity contribution in [3.05, 3.63) is 50.9 Å². The number of hydrogen-bond donors (Lipinski definition) is 2. The minimum Gasteiger partial charge on any atom is -0.399 e. The SMILES string of the molecule is Nc1cc(Br)cc(C(=O)Nc2c(Cl)ccc3scnc23)c1. The van der Waals surface area contributed by atoms with Crippen molar-refractivity contribution in [2.75, 3.05) is 11.1 Å². The van der Waals surface area contributed by atoms with E-state index in [4.69, 9.17) is 17.3 Å². The molecular weight excluding hydrogens is 374 g/mol. The second-order valence-corrected chi connectivity index (χ2v) is 6.56. The van der Waals surface area contributed by atoms with Gasteiger partial charge >= 0.3 is 0 Å². The standard InChI is InChI=1S/C14H9BrClN3OS/c15-8-3-7(4-9(17)5-8)14(20)19-12-10(16)1-2-11-13(12)18-6-21-11/h1-6H,17H2,(H,19,20). The molecule has 1 heterocycles. The molecule has 1 aromatic heterocycles. The first kappa shape index (κ1) is 14.3. The molecule has 106 valence electrons. The summed E-state index contributed by atoms with van der Waals surface area (Å²) in [7, 11) is 0. The molecule has 0 unspecified atom stereocenters. The summed E-state index contributed by atoms with van der Waals surface area (Å²) in [5.41, 5.74) is 9.62. The molecule has 0 aliphatic heterocycles. The fourth-order valence-corrected chi connectivity index (χ4v) is 3.35. The summed E-state index contributed by atoms with van der Waals surface area (Å²) in [5.74, 6) is -0.287. The number of nitrogen functional groups attached to an aromatic ring is 1. The highest BCUT2D eigenvalue weighted by Crippen LogP contribution is 2.32. The van der Waals surface area contributed by atoms with E-state index in [9.17, 15) is 4.79 Å². The number of thiazole rings is 1. The van der Waals surface area contributed by atoms with Crippen molar-refractivity contribution >= 4 is 66.4 Å². The maximum absolute atomic E-state index is 12.4. The average Bonchev–Trinajstić information content (AvgIpc) is 2.89. The second-order valence-electron chi connectivity index (χ2n) is 4.35. The number of benzene rings is 2. The summed E-state index contributed by atoms with van der Waals surface area (Å²) in [6.45, 7) is 0. The molecule has 0 saturated carbocycles. The molecule has 0 atom stereocenters. The Morgan fingerprint density at radius 3 is 2.90 bits per heavy atom. The Bertz CT molecular complexity index is 829. The van der Waals surface area contributed by atoms with Crippen LogP contribution in [-0.4, -0.2) is 10.9 Å². The van der Waals surface area contributed by atoms with Gasteiger partial charge in [0.15, 0.2) is 0 Å². The summed E-state index contributed by atoms with van der Waals surface area (Å²) in [6, 6.07) is 8.65. The van der Waals surface area contributed by atoms with E-state index in [1.165, 1.54) is 11.3 Å². The molecule has 4 nitrogen and oxygen atoms in total. The summed E-state index contributed by atoms with van der Waals surface area (Å²) < 4.78 is 1.70.